The van der Waals surface area contributed by atoms with Crippen LogP contribution in [0.4, 0.5) is 5.69 Å². The Balaban J connectivity index is 1.64. The molecule has 1 unspecified atom stereocenters. The van der Waals surface area contributed by atoms with Crippen LogP contribution in [0.2, 0.25) is 15.1 Å². The molecule has 5 nitrogen and oxygen atoms in total. The number of carbonyl (C=O) groups excluding carboxylic acids is 2. The highest BCUT2D eigenvalue weighted by Crippen LogP contribution is 2.33. The lowest BCUT2D eigenvalue weighted by molar-refractivity contribution is -0.122. The van der Waals surface area contributed by atoms with Gasteiger partial charge in [0.25, 0.3) is 5.91 Å². The number of furan rings is 1. The van der Waals surface area contributed by atoms with Crippen LogP contribution in [0.3, 0.4) is 0 Å². The first-order valence-electron chi connectivity index (χ1n) is 9.58. The molecule has 1 N–H and O–H groups in total. The number of benzene rings is 3. The Morgan fingerprint density at radius 1 is 0.938 bits per heavy atom. The zero-order valence-corrected chi connectivity index (χ0v) is 19.0. The highest BCUT2D eigenvalue weighted by molar-refractivity contribution is 6.35. The van der Waals surface area contributed by atoms with Gasteiger partial charge in [0.15, 0.2) is 11.9 Å². The second kappa shape index (κ2) is 9.25. The summed E-state index contributed by atoms with van der Waals surface area (Å²) in [6.45, 7) is 1.57. The lowest BCUT2D eigenvalue weighted by Crippen LogP contribution is -2.30. The number of ether oxygens (including phenoxy) is 1. The molecule has 1 aromatic heterocycles. The molecule has 32 heavy (non-hydrogen) atoms. The number of hydrogen-bond donors (Lipinski definition) is 1. The van der Waals surface area contributed by atoms with Gasteiger partial charge in [-0.25, -0.2) is 0 Å². The standard InChI is InChI=1S/C24H16Cl3NO4/c1-13(31-20-11-10-16(26)12-18(20)27)24(30)28-21-17-4-2-3-5-19(17)32-23(21)22(29)14-6-8-15(25)9-7-14/h2-13H,1H3,(H,28,30). The van der Waals surface area contributed by atoms with Crippen molar-refractivity contribution in [3.63, 3.8) is 0 Å². The molecule has 4 rings (SSSR count). The molecule has 1 atom stereocenters. The van der Waals surface area contributed by atoms with Crippen LogP contribution in [0.5, 0.6) is 5.75 Å². The van der Waals surface area contributed by atoms with E-state index in [4.69, 9.17) is 44.0 Å². The molecule has 1 amide bonds. The van der Waals surface area contributed by atoms with Crippen LogP contribution in [-0.2, 0) is 4.79 Å². The van der Waals surface area contributed by atoms with Crippen LogP contribution in [0.15, 0.2) is 71.1 Å². The minimum Gasteiger partial charge on any atom is -0.479 e. The summed E-state index contributed by atoms with van der Waals surface area (Å²) in [6, 6.07) is 18.2. The Morgan fingerprint density at radius 2 is 1.62 bits per heavy atom. The topological polar surface area (TPSA) is 68.5 Å². The van der Waals surface area contributed by atoms with E-state index in [1.165, 1.54) is 6.07 Å². The van der Waals surface area contributed by atoms with Crippen LogP contribution in [0, 0.1) is 0 Å². The summed E-state index contributed by atoms with van der Waals surface area (Å²) in [5, 5.41) is 4.61. The summed E-state index contributed by atoms with van der Waals surface area (Å²) in [5.74, 6) is -0.540. The molecule has 4 aromatic rings. The van der Waals surface area contributed by atoms with E-state index in [0.717, 1.165) is 0 Å². The number of rotatable bonds is 6. The highest BCUT2D eigenvalue weighted by Gasteiger charge is 2.25. The number of amides is 1. The third-order valence-electron chi connectivity index (χ3n) is 4.72. The van der Waals surface area contributed by atoms with E-state index in [1.54, 1.807) is 67.6 Å². The van der Waals surface area contributed by atoms with Gasteiger partial charge in [-0.05, 0) is 61.5 Å². The summed E-state index contributed by atoms with van der Waals surface area (Å²) < 4.78 is 11.5. The number of carbonyl (C=O) groups is 2. The lowest BCUT2D eigenvalue weighted by Gasteiger charge is -2.16. The van der Waals surface area contributed by atoms with Crippen molar-refractivity contribution in [1.29, 1.82) is 0 Å². The fourth-order valence-electron chi connectivity index (χ4n) is 3.10. The van der Waals surface area contributed by atoms with Crippen molar-refractivity contribution in [3.8, 4) is 5.75 Å². The van der Waals surface area contributed by atoms with Crippen molar-refractivity contribution in [2.75, 3.05) is 5.32 Å². The molecule has 0 fully saturated rings. The molecule has 0 spiro atoms. The molecule has 3 aromatic carbocycles. The first-order chi connectivity index (χ1) is 15.3. The molecule has 0 aliphatic heterocycles. The molecular formula is C24H16Cl3NO4. The van der Waals surface area contributed by atoms with Crippen molar-refractivity contribution in [2.45, 2.75) is 13.0 Å². The molecular weight excluding hydrogens is 473 g/mol. The average molecular weight is 489 g/mol. The first-order valence-corrected chi connectivity index (χ1v) is 10.7. The first kappa shape index (κ1) is 22.2. The van der Waals surface area contributed by atoms with Gasteiger partial charge in [0.05, 0.1) is 10.7 Å². The SMILES string of the molecule is CC(Oc1ccc(Cl)cc1Cl)C(=O)Nc1c(C(=O)c2ccc(Cl)cc2)oc2ccccc12. The lowest BCUT2D eigenvalue weighted by atomic mass is 10.1. The predicted molar refractivity (Wildman–Crippen MR) is 126 cm³/mol. The minimum atomic E-state index is -0.916. The third-order valence-corrected chi connectivity index (χ3v) is 5.51. The minimum absolute atomic E-state index is 0.0126. The fraction of sp³-hybridized carbons (Fsp3) is 0.0833. The normalized spacial score (nSPS) is 11.9. The molecule has 162 valence electrons. The predicted octanol–water partition coefficient (Wildman–Crippen LogP) is 7.03. The van der Waals surface area contributed by atoms with Crippen LogP contribution in [0.1, 0.15) is 23.0 Å². The summed E-state index contributed by atoms with van der Waals surface area (Å²) in [7, 11) is 0. The number of halogens is 3. The van der Waals surface area contributed by atoms with E-state index < -0.39 is 12.0 Å². The zero-order chi connectivity index (χ0) is 22.8. The Labute approximate surface area is 198 Å². The van der Waals surface area contributed by atoms with Crippen molar-refractivity contribution < 1.29 is 18.7 Å². The van der Waals surface area contributed by atoms with Crippen molar-refractivity contribution >= 4 is 63.1 Å². The fourth-order valence-corrected chi connectivity index (χ4v) is 3.68. The van der Waals surface area contributed by atoms with Crippen molar-refractivity contribution in [1.82, 2.24) is 0 Å². The molecule has 8 heteroatoms. The van der Waals surface area contributed by atoms with E-state index >= 15 is 0 Å². The number of para-hydroxylation sites is 1. The van der Waals surface area contributed by atoms with Gasteiger partial charge in [0, 0.05) is 21.0 Å². The second-order valence-corrected chi connectivity index (χ2v) is 8.24. The molecule has 0 saturated heterocycles. The third kappa shape index (κ3) is 4.60. The van der Waals surface area contributed by atoms with Gasteiger partial charge in [-0.15, -0.1) is 0 Å². The zero-order valence-electron chi connectivity index (χ0n) is 16.7. The number of anilines is 1. The van der Waals surface area contributed by atoms with E-state index in [1.807, 2.05) is 0 Å². The summed E-state index contributed by atoms with van der Waals surface area (Å²) in [4.78, 5) is 26.0. The quantitative estimate of drug-likeness (QED) is 0.296. The van der Waals surface area contributed by atoms with Gasteiger partial charge in [-0.1, -0.05) is 46.9 Å². The Kier molecular flexibility index (Phi) is 6.42. The summed E-state index contributed by atoms with van der Waals surface area (Å²) >= 11 is 18.0. The maximum atomic E-state index is 13.1. The van der Waals surface area contributed by atoms with Crippen molar-refractivity contribution in [3.05, 3.63) is 93.1 Å². The van der Waals surface area contributed by atoms with Gasteiger partial charge in [-0.2, -0.15) is 0 Å². The maximum absolute atomic E-state index is 13.1. The summed E-state index contributed by atoms with van der Waals surface area (Å²) in [6.07, 6.45) is -0.916. The van der Waals surface area contributed by atoms with Gasteiger partial charge in [-0.3, -0.25) is 9.59 Å². The molecule has 0 radical (unpaired) electrons. The number of ketones is 1. The Bertz CT molecular complexity index is 1310. The molecule has 1 heterocycles. The number of nitrogens with one attached hydrogen (secondary N) is 1. The monoisotopic (exact) mass is 487 g/mol. The van der Waals surface area contributed by atoms with Gasteiger partial charge in [0.2, 0.25) is 5.78 Å². The number of fused-ring (bicyclic) bond motifs is 1. The van der Waals surface area contributed by atoms with E-state index in [0.29, 0.717) is 32.3 Å². The van der Waals surface area contributed by atoms with E-state index in [9.17, 15) is 9.59 Å². The highest BCUT2D eigenvalue weighted by atomic mass is 35.5. The van der Waals surface area contributed by atoms with Crippen LogP contribution in [0.25, 0.3) is 11.0 Å². The van der Waals surface area contributed by atoms with E-state index in [-0.39, 0.29) is 22.3 Å². The Hall–Kier alpha value is -2.99. The number of hydrogen-bond acceptors (Lipinski definition) is 4. The van der Waals surface area contributed by atoms with Gasteiger partial charge >= 0.3 is 0 Å². The van der Waals surface area contributed by atoms with Gasteiger partial charge < -0.3 is 14.5 Å². The smallest absolute Gasteiger partial charge is 0.265 e. The molecule has 0 aliphatic carbocycles. The largest absolute Gasteiger partial charge is 0.479 e. The Morgan fingerprint density at radius 3 is 2.34 bits per heavy atom. The molecule has 0 saturated carbocycles. The van der Waals surface area contributed by atoms with Crippen LogP contribution in [-0.4, -0.2) is 17.8 Å². The molecule has 0 bridgehead atoms. The van der Waals surface area contributed by atoms with Crippen LogP contribution < -0.4 is 10.1 Å². The second-order valence-electron chi connectivity index (χ2n) is 6.96. The molecule has 0 aliphatic rings. The van der Waals surface area contributed by atoms with Crippen LogP contribution >= 0.6 is 34.8 Å². The van der Waals surface area contributed by atoms with Crippen molar-refractivity contribution in [2.24, 2.45) is 0 Å². The van der Waals surface area contributed by atoms with Gasteiger partial charge in [0.1, 0.15) is 11.3 Å². The summed E-state index contributed by atoms with van der Waals surface area (Å²) in [5.41, 5.74) is 1.11. The average Bonchev–Trinajstić information content (AvgIpc) is 3.14. The van der Waals surface area contributed by atoms with E-state index in [2.05, 4.69) is 5.32 Å². The maximum Gasteiger partial charge on any atom is 0.265 e.